The first-order valence-corrected chi connectivity index (χ1v) is 11.6. The van der Waals surface area contributed by atoms with Crippen LogP contribution in [0.25, 0.3) is 0 Å². The van der Waals surface area contributed by atoms with Crippen molar-refractivity contribution in [2.45, 2.75) is 55.9 Å². The summed E-state index contributed by atoms with van der Waals surface area (Å²) in [6.45, 7) is 3.46. The fraction of sp³-hybridized carbons (Fsp3) is 0.357. The van der Waals surface area contributed by atoms with Gasteiger partial charge in [0.25, 0.3) is 0 Å². The number of fused-ring (bicyclic) bond motifs is 1. The average molecular weight is 463 g/mol. The van der Waals surface area contributed by atoms with Crippen molar-refractivity contribution in [2.24, 2.45) is 0 Å². The summed E-state index contributed by atoms with van der Waals surface area (Å²) in [5.74, 6) is -0.841. The molecule has 0 radical (unpaired) electrons. The van der Waals surface area contributed by atoms with Crippen LogP contribution >= 0.6 is 0 Å². The highest BCUT2D eigenvalue weighted by Gasteiger charge is 2.56. The fourth-order valence-corrected chi connectivity index (χ4v) is 4.91. The first kappa shape index (κ1) is 23.2. The molecule has 2 aliphatic heterocycles. The molecule has 2 saturated heterocycles. The molecular weight excluding hydrogens is 432 g/mol. The number of aliphatic hydroxyl groups is 2. The van der Waals surface area contributed by atoms with Crippen molar-refractivity contribution in [3.8, 4) is 0 Å². The minimum atomic E-state index is -1.11. The summed E-state index contributed by atoms with van der Waals surface area (Å²) >= 11 is 0. The highest BCUT2D eigenvalue weighted by Crippen LogP contribution is 2.42. The van der Waals surface area contributed by atoms with Gasteiger partial charge in [0, 0.05) is 0 Å². The van der Waals surface area contributed by atoms with Crippen molar-refractivity contribution in [3.63, 3.8) is 0 Å². The Hall–Kier alpha value is -2.58. The molecule has 2 N–H and O–H groups in total. The van der Waals surface area contributed by atoms with Gasteiger partial charge in [0.15, 0.2) is 12.1 Å². The Morgan fingerprint density at radius 2 is 1.29 bits per heavy atom. The largest absolute Gasteiger partial charge is 0.388 e. The van der Waals surface area contributed by atoms with E-state index in [4.69, 9.17) is 18.9 Å². The Bertz CT molecular complexity index is 975. The molecule has 2 fully saturated rings. The van der Waals surface area contributed by atoms with Crippen LogP contribution in [0.15, 0.2) is 91.0 Å². The second-order valence-electron chi connectivity index (χ2n) is 9.22. The van der Waals surface area contributed by atoms with Crippen LogP contribution in [0.4, 0.5) is 0 Å². The summed E-state index contributed by atoms with van der Waals surface area (Å²) in [5, 5.41) is 21.9. The lowest BCUT2D eigenvalue weighted by molar-refractivity contribution is -0.230. The van der Waals surface area contributed by atoms with Crippen LogP contribution in [0, 0.1) is 0 Å². The predicted molar refractivity (Wildman–Crippen MR) is 126 cm³/mol. The number of benzene rings is 3. The molecule has 34 heavy (non-hydrogen) atoms. The third-order valence-electron chi connectivity index (χ3n) is 6.44. The summed E-state index contributed by atoms with van der Waals surface area (Å²) in [6.07, 6.45) is -4.42. The van der Waals surface area contributed by atoms with Crippen LogP contribution in [0.1, 0.15) is 30.5 Å². The lowest BCUT2D eigenvalue weighted by Crippen LogP contribution is -2.45. The first-order valence-electron chi connectivity index (χ1n) is 11.6. The van der Waals surface area contributed by atoms with E-state index in [1.54, 1.807) is 13.8 Å². The standard InChI is InChI=1S/C28H30O6/c1-27(2)33-25-23(30)24(32-26(25)34-27)22(29)18-31-28(19-12-6-3-7-13-19,20-14-8-4-9-15-20)21-16-10-5-11-17-21/h3-17,22-26,29-30H,18H2,1-2H3/t22-,23-,24-,25-,26+/m1/s1. The third-order valence-corrected chi connectivity index (χ3v) is 6.44. The van der Waals surface area contributed by atoms with Crippen molar-refractivity contribution in [1.29, 1.82) is 0 Å². The normalized spacial score (nSPS) is 26.8. The molecule has 0 saturated carbocycles. The van der Waals surface area contributed by atoms with Gasteiger partial charge in [-0.15, -0.1) is 0 Å². The van der Waals surface area contributed by atoms with Gasteiger partial charge in [0.1, 0.15) is 30.0 Å². The van der Waals surface area contributed by atoms with E-state index >= 15 is 0 Å². The van der Waals surface area contributed by atoms with E-state index in [1.807, 2.05) is 91.0 Å². The predicted octanol–water partition coefficient (Wildman–Crippen LogP) is 3.59. The zero-order valence-electron chi connectivity index (χ0n) is 19.3. The lowest BCUT2D eigenvalue weighted by Gasteiger charge is -2.37. The first-order chi connectivity index (χ1) is 16.4. The molecule has 0 unspecified atom stereocenters. The number of ether oxygens (including phenoxy) is 4. The molecule has 0 aromatic heterocycles. The second kappa shape index (κ2) is 9.23. The van der Waals surface area contributed by atoms with Gasteiger partial charge in [-0.25, -0.2) is 0 Å². The van der Waals surface area contributed by atoms with Crippen LogP contribution in [-0.2, 0) is 24.5 Å². The van der Waals surface area contributed by atoms with Crippen LogP contribution < -0.4 is 0 Å². The van der Waals surface area contributed by atoms with Gasteiger partial charge in [0.05, 0.1) is 6.61 Å². The number of aliphatic hydroxyl groups excluding tert-OH is 2. The molecule has 0 amide bonds. The zero-order valence-corrected chi connectivity index (χ0v) is 19.3. The van der Waals surface area contributed by atoms with Gasteiger partial charge in [-0.1, -0.05) is 91.0 Å². The van der Waals surface area contributed by atoms with E-state index in [-0.39, 0.29) is 6.61 Å². The summed E-state index contributed by atoms with van der Waals surface area (Å²) < 4.78 is 24.0. The van der Waals surface area contributed by atoms with Crippen molar-refractivity contribution in [3.05, 3.63) is 108 Å². The molecule has 0 aliphatic carbocycles. The maximum absolute atomic E-state index is 11.1. The van der Waals surface area contributed by atoms with Crippen LogP contribution in [0.3, 0.4) is 0 Å². The van der Waals surface area contributed by atoms with Gasteiger partial charge in [-0.3, -0.25) is 0 Å². The molecular formula is C28H30O6. The van der Waals surface area contributed by atoms with E-state index in [0.29, 0.717) is 0 Å². The Morgan fingerprint density at radius 1 is 0.824 bits per heavy atom. The maximum atomic E-state index is 11.1. The molecule has 6 heteroatoms. The zero-order chi connectivity index (χ0) is 23.8. The topological polar surface area (TPSA) is 77.4 Å². The number of hydrogen-bond donors (Lipinski definition) is 2. The molecule has 3 aromatic carbocycles. The summed E-state index contributed by atoms with van der Waals surface area (Å²) in [7, 11) is 0. The summed E-state index contributed by atoms with van der Waals surface area (Å²) in [6, 6.07) is 29.8. The Balaban J connectivity index is 1.46. The van der Waals surface area contributed by atoms with Crippen LogP contribution in [0.2, 0.25) is 0 Å². The quantitative estimate of drug-likeness (QED) is 0.523. The number of hydrogen-bond acceptors (Lipinski definition) is 6. The van der Waals surface area contributed by atoms with E-state index in [2.05, 4.69) is 0 Å². The molecule has 0 spiro atoms. The van der Waals surface area contributed by atoms with Gasteiger partial charge in [-0.2, -0.15) is 0 Å². The van der Waals surface area contributed by atoms with Crippen molar-refractivity contribution >= 4 is 0 Å². The molecule has 5 atom stereocenters. The fourth-order valence-electron chi connectivity index (χ4n) is 4.91. The molecule has 178 valence electrons. The van der Waals surface area contributed by atoms with E-state index < -0.39 is 42.1 Å². The van der Waals surface area contributed by atoms with E-state index in [0.717, 1.165) is 16.7 Å². The average Bonchev–Trinajstić information content (AvgIpc) is 3.33. The van der Waals surface area contributed by atoms with Crippen LogP contribution in [0.5, 0.6) is 0 Å². The van der Waals surface area contributed by atoms with Crippen molar-refractivity contribution in [2.75, 3.05) is 6.61 Å². The van der Waals surface area contributed by atoms with Crippen molar-refractivity contribution in [1.82, 2.24) is 0 Å². The van der Waals surface area contributed by atoms with Gasteiger partial charge < -0.3 is 29.2 Å². The molecule has 6 nitrogen and oxygen atoms in total. The monoisotopic (exact) mass is 462 g/mol. The Morgan fingerprint density at radius 3 is 1.74 bits per heavy atom. The molecule has 2 aliphatic rings. The molecule has 2 heterocycles. The Labute approximate surface area is 199 Å². The van der Waals surface area contributed by atoms with E-state index in [9.17, 15) is 10.2 Å². The summed E-state index contributed by atoms with van der Waals surface area (Å²) in [5.41, 5.74) is 1.81. The minimum absolute atomic E-state index is 0.0801. The van der Waals surface area contributed by atoms with Gasteiger partial charge >= 0.3 is 0 Å². The number of rotatable bonds is 7. The third kappa shape index (κ3) is 4.18. The molecule has 3 aromatic rings. The lowest BCUT2D eigenvalue weighted by atomic mass is 9.80. The molecule has 0 bridgehead atoms. The minimum Gasteiger partial charge on any atom is -0.388 e. The van der Waals surface area contributed by atoms with Crippen molar-refractivity contribution < 1.29 is 29.2 Å². The highest BCUT2D eigenvalue weighted by molar-refractivity contribution is 5.47. The molecule has 5 rings (SSSR count). The van der Waals surface area contributed by atoms with Gasteiger partial charge in [0.2, 0.25) is 0 Å². The second-order valence-corrected chi connectivity index (χ2v) is 9.22. The van der Waals surface area contributed by atoms with Gasteiger partial charge in [-0.05, 0) is 30.5 Å². The van der Waals surface area contributed by atoms with Crippen LogP contribution in [-0.4, -0.2) is 53.3 Å². The summed E-state index contributed by atoms with van der Waals surface area (Å²) in [4.78, 5) is 0. The highest BCUT2D eigenvalue weighted by atomic mass is 16.8. The Kier molecular flexibility index (Phi) is 6.29. The van der Waals surface area contributed by atoms with E-state index in [1.165, 1.54) is 0 Å². The smallest absolute Gasteiger partial charge is 0.190 e. The maximum Gasteiger partial charge on any atom is 0.190 e. The SMILES string of the molecule is CC1(C)O[C@@H]2O[C@H]([C@H](O)COC(c3ccccc3)(c3ccccc3)c3ccccc3)[C@@H](O)[C@H]2O1.